The van der Waals surface area contributed by atoms with E-state index in [-0.39, 0.29) is 11.2 Å². The van der Waals surface area contributed by atoms with E-state index < -0.39 is 5.60 Å². The molecule has 1 N–H and O–H groups in total. The lowest BCUT2D eigenvalue weighted by molar-refractivity contribution is -0.0472. The van der Waals surface area contributed by atoms with Gasteiger partial charge in [-0.3, -0.25) is 0 Å². The third-order valence-electron chi connectivity index (χ3n) is 3.19. The maximum atomic E-state index is 13.4. The molecule has 0 aromatic heterocycles. The number of aliphatic hydroxyl groups is 1. The van der Waals surface area contributed by atoms with E-state index in [9.17, 15) is 9.50 Å². The van der Waals surface area contributed by atoms with Crippen LogP contribution in [0.5, 0.6) is 0 Å². The Morgan fingerprint density at radius 2 is 1.67 bits per heavy atom. The van der Waals surface area contributed by atoms with Crippen molar-refractivity contribution in [3.05, 3.63) is 35.1 Å². The van der Waals surface area contributed by atoms with Crippen LogP contribution < -0.4 is 0 Å². The minimum atomic E-state index is -1.03. The molecule has 0 bridgehead atoms. The molecule has 0 radical (unpaired) electrons. The van der Waals surface area contributed by atoms with Crippen molar-refractivity contribution in [1.82, 2.24) is 0 Å². The summed E-state index contributed by atoms with van der Waals surface area (Å²) in [6, 6.07) is 4.90. The Labute approximate surface area is 90.9 Å². The molecule has 1 rings (SSSR count). The summed E-state index contributed by atoms with van der Waals surface area (Å²) in [4.78, 5) is 0. The number of rotatable bonds is 1. The highest BCUT2D eigenvalue weighted by atomic mass is 19.1. The van der Waals surface area contributed by atoms with Crippen LogP contribution in [0.2, 0.25) is 0 Å². The van der Waals surface area contributed by atoms with Crippen LogP contribution in [0.4, 0.5) is 4.39 Å². The first kappa shape index (κ1) is 12.2. The fourth-order valence-electron chi connectivity index (χ4n) is 1.33. The van der Waals surface area contributed by atoms with Crippen molar-refractivity contribution >= 4 is 0 Å². The minimum absolute atomic E-state index is 0.267. The highest BCUT2D eigenvalue weighted by molar-refractivity contribution is 5.28. The van der Waals surface area contributed by atoms with Gasteiger partial charge in [0, 0.05) is 0 Å². The van der Waals surface area contributed by atoms with E-state index in [0.717, 1.165) is 0 Å². The summed E-state index contributed by atoms with van der Waals surface area (Å²) >= 11 is 0. The van der Waals surface area contributed by atoms with Crippen molar-refractivity contribution < 1.29 is 9.50 Å². The van der Waals surface area contributed by atoms with E-state index in [2.05, 4.69) is 0 Å². The third kappa shape index (κ3) is 2.20. The van der Waals surface area contributed by atoms with Gasteiger partial charge in [-0.25, -0.2) is 4.39 Å². The number of hydrogen-bond acceptors (Lipinski definition) is 1. The SMILES string of the molecule is Cc1ccc(C(C)(O)C(C)(C)C)cc1F. The molecule has 0 heterocycles. The lowest BCUT2D eigenvalue weighted by Gasteiger charge is -2.37. The maximum absolute atomic E-state index is 13.4. The van der Waals surface area contributed by atoms with Crippen LogP contribution in [0.15, 0.2) is 18.2 Å². The van der Waals surface area contributed by atoms with Crippen LogP contribution in [-0.4, -0.2) is 5.11 Å². The van der Waals surface area contributed by atoms with Crippen LogP contribution in [0.1, 0.15) is 38.8 Å². The molecule has 0 saturated heterocycles. The molecule has 1 nitrogen and oxygen atoms in total. The predicted octanol–water partition coefficient (Wildman–Crippen LogP) is 3.39. The molecule has 0 spiro atoms. The van der Waals surface area contributed by atoms with Crippen molar-refractivity contribution in [2.75, 3.05) is 0 Å². The zero-order valence-electron chi connectivity index (χ0n) is 10.1. The molecule has 0 saturated carbocycles. The van der Waals surface area contributed by atoms with Crippen molar-refractivity contribution in [1.29, 1.82) is 0 Å². The smallest absolute Gasteiger partial charge is 0.126 e. The molecule has 84 valence electrons. The first-order valence-corrected chi connectivity index (χ1v) is 5.15. The molecule has 1 aromatic carbocycles. The normalized spacial score (nSPS) is 16.2. The fraction of sp³-hybridized carbons (Fsp3) is 0.538. The van der Waals surface area contributed by atoms with Crippen LogP contribution >= 0.6 is 0 Å². The van der Waals surface area contributed by atoms with E-state index in [4.69, 9.17) is 0 Å². The zero-order valence-corrected chi connectivity index (χ0v) is 10.1. The van der Waals surface area contributed by atoms with E-state index in [1.807, 2.05) is 20.8 Å². The van der Waals surface area contributed by atoms with Gasteiger partial charge in [-0.05, 0) is 36.5 Å². The van der Waals surface area contributed by atoms with Crippen molar-refractivity contribution in [3.8, 4) is 0 Å². The monoisotopic (exact) mass is 210 g/mol. The van der Waals surface area contributed by atoms with Gasteiger partial charge >= 0.3 is 0 Å². The molecule has 1 unspecified atom stereocenters. The van der Waals surface area contributed by atoms with Crippen LogP contribution in [0.25, 0.3) is 0 Å². The van der Waals surface area contributed by atoms with Gasteiger partial charge in [0.2, 0.25) is 0 Å². The molecule has 2 heteroatoms. The zero-order chi connectivity index (χ0) is 11.9. The average Bonchev–Trinajstić information content (AvgIpc) is 2.07. The lowest BCUT2D eigenvalue weighted by Crippen LogP contribution is -2.36. The summed E-state index contributed by atoms with van der Waals surface area (Å²) in [5.74, 6) is -0.267. The molecule has 15 heavy (non-hydrogen) atoms. The first-order chi connectivity index (χ1) is 6.66. The second kappa shape index (κ2) is 3.60. The fourth-order valence-corrected chi connectivity index (χ4v) is 1.33. The topological polar surface area (TPSA) is 20.2 Å². The summed E-state index contributed by atoms with van der Waals surface area (Å²) < 4.78 is 13.4. The Balaban J connectivity index is 3.22. The summed E-state index contributed by atoms with van der Waals surface area (Å²) in [5, 5.41) is 10.4. The molecular formula is C13H19FO. The van der Waals surface area contributed by atoms with Gasteiger partial charge in [0.1, 0.15) is 5.82 Å². The third-order valence-corrected chi connectivity index (χ3v) is 3.19. The van der Waals surface area contributed by atoms with Gasteiger partial charge in [-0.2, -0.15) is 0 Å². The summed E-state index contributed by atoms with van der Waals surface area (Å²) in [7, 11) is 0. The van der Waals surface area contributed by atoms with E-state index in [0.29, 0.717) is 11.1 Å². The second-order valence-corrected chi connectivity index (χ2v) is 5.29. The summed E-state index contributed by atoms with van der Waals surface area (Å²) in [6.07, 6.45) is 0. The Morgan fingerprint density at radius 3 is 2.07 bits per heavy atom. The van der Waals surface area contributed by atoms with E-state index in [1.165, 1.54) is 6.07 Å². The number of benzene rings is 1. The molecule has 1 atom stereocenters. The average molecular weight is 210 g/mol. The van der Waals surface area contributed by atoms with E-state index in [1.54, 1.807) is 26.0 Å². The van der Waals surface area contributed by atoms with Crippen molar-refractivity contribution in [2.45, 2.75) is 40.2 Å². The van der Waals surface area contributed by atoms with Crippen LogP contribution in [-0.2, 0) is 5.60 Å². The van der Waals surface area contributed by atoms with Gasteiger partial charge in [-0.1, -0.05) is 32.9 Å². The Kier molecular flexibility index (Phi) is 2.92. The first-order valence-electron chi connectivity index (χ1n) is 5.15. The molecule has 0 aliphatic carbocycles. The largest absolute Gasteiger partial charge is 0.385 e. The minimum Gasteiger partial charge on any atom is -0.385 e. The highest BCUT2D eigenvalue weighted by Gasteiger charge is 2.37. The summed E-state index contributed by atoms with van der Waals surface area (Å²) in [5.41, 5.74) is -0.127. The van der Waals surface area contributed by atoms with Gasteiger partial charge in [0.15, 0.2) is 0 Å². The predicted molar refractivity (Wildman–Crippen MR) is 60.2 cm³/mol. The Morgan fingerprint density at radius 1 is 1.13 bits per heavy atom. The second-order valence-electron chi connectivity index (χ2n) is 5.29. The lowest BCUT2D eigenvalue weighted by atomic mass is 9.73. The molecular weight excluding hydrogens is 191 g/mol. The number of aryl methyl sites for hydroxylation is 1. The summed E-state index contributed by atoms with van der Waals surface area (Å²) in [6.45, 7) is 9.24. The molecule has 0 aliphatic rings. The molecule has 1 aromatic rings. The van der Waals surface area contributed by atoms with Gasteiger partial charge in [0.25, 0.3) is 0 Å². The van der Waals surface area contributed by atoms with E-state index >= 15 is 0 Å². The molecule has 0 fully saturated rings. The standard InChI is InChI=1S/C13H19FO/c1-9-6-7-10(8-11(9)14)13(5,15)12(2,3)4/h6-8,15H,1-5H3. The van der Waals surface area contributed by atoms with Gasteiger partial charge in [0.05, 0.1) is 5.60 Å². The van der Waals surface area contributed by atoms with Gasteiger partial charge in [-0.15, -0.1) is 0 Å². The quantitative estimate of drug-likeness (QED) is 0.753. The van der Waals surface area contributed by atoms with Crippen LogP contribution in [0.3, 0.4) is 0 Å². The van der Waals surface area contributed by atoms with Gasteiger partial charge < -0.3 is 5.11 Å². The molecule has 0 amide bonds. The van der Waals surface area contributed by atoms with Crippen molar-refractivity contribution in [2.24, 2.45) is 5.41 Å². The van der Waals surface area contributed by atoms with Crippen molar-refractivity contribution in [3.63, 3.8) is 0 Å². The Bertz CT molecular complexity index is 361. The number of halogens is 1. The number of hydrogen-bond donors (Lipinski definition) is 1. The van der Waals surface area contributed by atoms with Crippen LogP contribution in [0, 0.1) is 18.2 Å². The Hall–Kier alpha value is -0.890. The molecule has 0 aliphatic heterocycles. The highest BCUT2D eigenvalue weighted by Crippen LogP contribution is 2.39. The maximum Gasteiger partial charge on any atom is 0.126 e.